The molecule has 0 heterocycles. The molecule has 0 spiro atoms. The molecule has 3 rings (SSSR count). The van der Waals surface area contributed by atoms with Crippen molar-refractivity contribution in [3.05, 3.63) is 118 Å². The van der Waals surface area contributed by atoms with Gasteiger partial charge in [0.15, 0.2) is 8.32 Å². The molecule has 0 amide bonds. The third-order valence-corrected chi connectivity index (χ3v) is 11.9. The minimum Gasteiger partial charge on any atom is -0.414 e. The number of rotatable bonds is 16. The standard InChI is InChI=1S/C32H43N3O4Si/c1-32(2,3)40(4,5)39-25-30(37-22-27-17-11-7-12-18-27)31(38-23-28-19-13-8-14-20-28)29(34-35-33)24-36-21-26-15-9-6-10-16-26/h6-20,29-31H,21-25H2,1-5H3/t29-,30+,31-/m1/s1. The largest absolute Gasteiger partial charge is 0.414 e. The van der Waals surface area contributed by atoms with E-state index >= 15 is 0 Å². The molecule has 8 heteroatoms. The van der Waals surface area contributed by atoms with E-state index in [1.165, 1.54) is 0 Å². The van der Waals surface area contributed by atoms with Gasteiger partial charge in [0.2, 0.25) is 0 Å². The Hall–Kier alpha value is -2.97. The highest BCUT2D eigenvalue weighted by atomic mass is 28.4. The molecule has 0 aliphatic rings. The first-order chi connectivity index (χ1) is 19.2. The summed E-state index contributed by atoms with van der Waals surface area (Å²) in [7, 11) is -2.10. The Morgan fingerprint density at radius 3 is 1.68 bits per heavy atom. The minimum absolute atomic E-state index is 0.0282. The van der Waals surface area contributed by atoms with Gasteiger partial charge in [0.05, 0.1) is 45.2 Å². The van der Waals surface area contributed by atoms with E-state index in [1.807, 2.05) is 91.0 Å². The highest BCUT2D eigenvalue weighted by Crippen LogP contribution is 2.37. The first-order valence-electron chi connectivity index (χ1n) is 13.8. The summed E-state index contributed by atoms with van der Waals surface area (Å²) in [5.74, 6) is 0. The Bertz CT molecular complexity index is 1170. The van der Waals surface area contributed by atoms with Crippen LogP contribution in [0, 0.1) is 0 Å². The van der Waals surface area contributed by atoms with Crippen LogP contribution in [0.3, 0.4) is 0 Å². The number of azide groups is 1. The molecule has 0 fully saturated rings. The second-order valence-electron chi connectivity index (χ2n) is 11.4. The van der Waals surface area contributed by atoms with E-state index in [2.05, 4.69) is 43.9 Å². The summed E-state index contributed by atoms with van der Waals surface area (Å²) in [4.78, 5) is 3.16. The van der Waals surface area contributed by atoms with Crippen LogP contribution < -0.4 is 0 Å². The van der Waals surface area contributed by atoms with E-state index in [9.17, 15) is 5.53 Å². The molecule has 0 aromatic heterocycles. The molecule has 3 atom stereocenters. The van der Waals surface area contributed by atoms with Crippen molar-refractivity contribution < 1.29 is 18.6 Å². The van der Waals surface area contributed by atoms with Gasteiger partial charge in [-0.2, -0.15) is 0 Å². The van der Waals surface area contributed by atoms with Gasteiger partial charge in [-0.1, -0.05) is 117 Å². The van der Waals surface area contributed by atoms with Gasteiger partial charge in [0.1, 0.15) is 6.10 Å². The van der Waals surface area contributed by atoms with Crippen LogP contribution >= 0.6 is 0 Å². The first-order valence-corrected chi connectivity index (χ1v) is 16.7. The summed E-state index contributed by atoms with van der Waals surface area (Å²) in [6.07, 6.45) is -1.09. The topological polar surface area (TPSA) is 85.7 Å². The average molecular weight is 562 g/mol. The molecule has 0 bridgehead atoms. The normalized spacial score (nSPS) is 14.2. The lowest BCUT2D eigenvalue weighted by Gasteiger charge is -2.39. The predicted octanol–water partition coefficient (Wildman–Crippen LogP) is 8.07. The third-order valence-electron chi connectivity index (χ3n) is 7.35. The molecule has 0 N–H and O–H groups in total. The highest BCUT2D eigenvalue weighted by molar-refractivity contribution is 6.74. The molecular weight excluding hydrogens is 518 g/mol. The molecule has 3 aromatic rings. The molecular formula is C32H43N3O4Si. The summed E-state index contributed by atoms with van der Waals surface area (Å²) in [6, 6.07) is 29.3. The molecule has 0 aliphatic carbocycles. The Labute approximate surface area is 240 Å². The van der Waals surface area contributed by atoms with E-state index in [0.717, 1.165) is 16.7 Å². The van der Waals surface area contributed by atoms with Crippen LogP contribution in [0.5, 0.6) is 0 Å². The minimum atomic E-state index is -2.10. The zero-order chi connectivity index (χ0) is 28.8. The Kier molecular flexibility index (Phi) is 12.4. The maximum Gasteiger partial charge on any atom is 0.192 e. The average Bonchev–Trinajstić information content (AvgIpc) is 2.95. The first kappa shape index (κ1) is 31.6. The molecule has 0 unspecified atom stereocenters. The third kappa shape index (κ3) is 10.2. The van der Waals surface area contributed by atoms with Crippen molar-refractivity contribution in [2.24, 2.45) is 5.11 Å². The second kappa shape index (κ2) is 15.7. The van der Waals surface area contributed by atoms with Crippen molar-refractivity contribution in [1.29, 1.82) is 0 Å². The SMILES string of the molecule is CC(C)(C)[Si](C)(C)OC[C@H](OCc1ccccc1)[C@H](OCc1ccccc1)[C@@H](COCc1ccccc1)N=[N+]=[N-]. The van der Waals surface area contributed by atoms with Crippen molar-refractivity contribution in [1.82, 2.24) is 0 Å². The Morgan fingerprint density at radius 2 is 1.20 bits per heavy atom. The molecule has 3 aromatic carbocycles. The van der Waals surface area contributed by atoms with Crippen molar-refractivity contribution in [2.45, 2.75) is 77.0 Å². The zero-order valence-electron chi connectivity index (χ0n) is 24.4. The predicted molar refractivity (Wildman–Crippen MR) is 162 cm³/mol. The number of ether oxygens (including phenoxy) is 3. The highest BCUT2D eigenvalue weighted by Gasteiger charge is 2.40. The Balaban J connectivity index is 1.86. The van der Waals surface area contributed by atoms with Crippen LogP contribution in [0.4, 0.5) is 0 Å². The van der Waals surface area contributed by atoms with Crippen LogP contribution in [0.15, 0.2) is 96.1 Å². The van der Waals surface area contributed by atoms with Crippen molar-refractivity contribution in [3.63, 3.8) is 0 Å². The summed E-state index contributed by atoms with van der Waals surface area (Å²) in [5.41, 5.74) is 12.6. The van der Waals surface area contributed by atoms with Gasteiger partial charge in [0, 0.05) is 4.91 Å². The summed E-state index contributed by atoms with van der Waals surface area (Å²) < 4.78 is 25.7. The van der Waals surface area contributed by atoms with Crippen LogP contribution in [0.2, 0.25) is 18.1 Å². The summed E-state index contributed by atoms with van der Waals surface area (Å²) >= 11 is 0. The number of nitrogens with zero attached hydrogens (tertiary/aromatic N) is 3. The number of hydrogen-bond donors (Lipinski definition) is 0. The lowest BCUT2D eigenvalue weighted by atomic mass is 10.1. The van der Waals surface area contributed by atoms with Gasteiger partial charge in [0.25, 0.3) is 0 Å². The van der Waals surface area contributed by atoms with Crippen molar-refractivity contribution in [2.75, 3.05) is 13.2 Å². The smallest absolute Gasteiger partial charge is 0.192 e. The van der Waals surface area contributed by atoms with Gasteiger partial charge in [-0.3, -0.25) is 0 Å². The lowest BCUT2D eigenvalue weighted by molar-refractivity contribution is -0.118. The second-order valence-corrected chi connectivity index (χ2v) is 16.2. The van der Waals surface area contributed by atoms with Gasteiger partial charge >= 0.3 is 0 Å². The van der Waals surface area contributed by atoms with Gasteiger partial charge in [-0.15, -0.1) is 0 Å². The van der Waals surface area contributed by atoms with Gasteiger partial charge in [-0.05, 0) is 40.4 Å². The molecule has 0 saturated carbocycles. The lowest BCUT2D eigenvalue weighted by Crippen LogP contribution is -2.49. The maximum absolute atomic E-state index is 9.52. The van der Waals surface area contributed by atoms with E-state index in [1.54, 1.807) is 0 Å². The molecule has 0 radical (unpaired) electrons. The van der Waals surface area contributed by atoms with E-state index in [0.29, 0.717) is 26.4 Å². The number of hydrogen-bond acceptors (Lipinski definition) is 5. The molecule has 0 aliphatic heterocycles. The van der Waals surface area contributed by atoms with Crippen LogP contribution in [-0.4, -0.2) is 39.8 Å². The monoisotopic (exact) mass is 561 g/mol. The quantitative estimate of drug-likeness (QED) is 0.0766. The van der Waals surface area contributed by atoms with Gasteiger partial charge in [-0.25, -0.2) is 0 Å². The fourth-order valence-corrected chi connectivity index (χ4v) is 4.90. The molecule has 0 saturated heterocycles. The fourth-order valence-electron chi connectivity index (χ4n) is 3.89. The van der Waals surface area contributed by atoms with Crippen LogP contribution in [0.1, 0.15) is 37.5 Å². The van der Waals surface area contributed by atoms with E-state index < -0.39 is 26.6 Å². The van der Waals surface area contributed by atoms with Crippen LogP contribution in [0.25, 0.3) is 10.4 Å². The van der Waals surface area contributed by atoms with Gasteiger partial charge < -0.3 is 18.6 Å². The van der Waals surface area contributed by atoms with E-state index in [-0.39, 0.29) is 11.6 Å². The summed E-state index contributed by atoms with van der Waals surface area (Å²) in [6.45, 7) is 12.7. The summed E-state index contributed by atoms with van der Waals surface area (Å²) in [5, 5.41) is 4.17. The van der Waals surface area contributed by atoms with Crippen molar-refractivity contribution >= 4 is 8.32 Å². The van der Waals surface area contributed by atoms with E-state index in [4.69, 9.17) is 18.6 Å². The Morgan fingerprint density at radius 1 is 0.725 bits per heavy atom. The maximum atomic E-state index is 9.52. The van der Waals surface area contributed by atoms with Crippen LogP contribution in [-0.2, 0) is 38.5 Å². The molecule has 214 valence electrons. The van der Waals surface area contributed by atoms with Crippen molar-refractivity contribution in [3.8, 4) is 0 Å². The zero-order valence-corrected chi connectivity index (χ0v) is 25.4. The fraction of sp³-hybridized carbons (Fsp3) is 0.438. The number of benzene rings is 3. The molecule has 7 nitrogen and oxygen atoms in total. The molecule has 40 heavy (non-hydrogen) atoms.